The van der Waals surface area contributed by atoms with Gasteiger partial charge in [0.25, 0.3) is 5.56 Å². The molecule has 3 heterocycles. The number of carbonyl (C=O) groups is 1. The molecule has 172 valence electrons. The van der Waals surface area contributed by atoms with Gasteiger partial charge in [-0.05, 0) is 60.1 Å². The molecule has 4 rings (SSSR count). The van der Waals surface area contributed by atoms with Gasteiger partial charge in [0.05, 0.1) is 36.6 Å². The molecule has 33 heavy (non-hydrogen) atoms. The Kier molecular flexibility index (Phi) is 6.57. The van der Waals surface area contributed by atoms with E-state index in [4.69, 9.17) is 18.6 Å². The third kappa shape index (κ3) is 4.28. The monoisotopic (exact) mass is 532 g/mol. The van der Waals surface area contributed by atoms with Gasteiger partial charge in [-0.1, -0.05) is 11.3 Å². The molecule has 0 amide bonds. The van der Waals surface area contributed by atoms with Crippen molar-refractivity contribution in [3.63, 3.8) is 0 Å². The second-order valence-electron chi connectivity index (χ2n) is 7.05. The highest BCUT2D eigenvalue weighted by molar-refractivity contribution is 9.10. The van der Waals surface area contributed by atoms with E-state index in [9.17, 15) is 9.59 Å². The number of aromatic nitrogens is 1. The molecule has 0 spiro atoms. The lowest BCUT2D eigenvalue weighted by atomic mass is 9.95. The van der Waals surface area contributed by atoms with E-state index in [1.165, 1.54) is 23.0 Å². The molecule has 1 aliphatic heterocycles. The highest BCUT2D eigenvalue weighted by atomic mass is 79.9. The fourth-order valence-electron chi connectivity index (χ4n) is 3.67. The summed E-state index contributed by atoms with van der Waals surface area (Å²) in [5.41, 5.74) is 1.01. The van der Waals surface area contributed by atoms with Crippen molar-refractivity contribution in [2.45, 2.75) is 19.9 Å². The first-order valence-electron chi connectivity index (χ1n) is 10.0. The number of carbonyl (C=O) groups excluding carboxylic acids is 1. The van der Waals surface area contributed by atoms with Crippen LogP contribution in [0.5, 0.6) is 11.5 Å². The molecule has 0 bridgehead atoms. The topological polar surface area (TPSA) is 92.3 Å². The third-order valence-electron chi connectivity index (χ3n) is 5.12. The van der Waals surface area contributed by atoms with Crippen LogP contribution < -0.4 is 24.4 Å². The van der Waals surface area contributed by atoms with E-state index >= 15 is 0 Å². The van der Waals surface area contributed by atoms with Crippen molar-refractivity contribution in [1.82, 2.24) is 4.57 Å². The van der Waals surface area contributed by atoms with Crippen LogP contribution in [0.2, 0.25) is 0 Å². The zero-order valence-electron chi connectivity index (χ0n) is 18.4. The molecule has 0 saturated heterocycles. The van der Waals surface area contributed by atoms with Gasteiger partial charge in [-0.3, -0.25) is 9.36 Å². The maximum atomic E-state index is 13.6. The van der Waals surface area contributed by atoms with Crippen LogP contribution in [-0.2, 0) is 9.53 Å². The zero-order valence-corrected chi connectivity index (χ0v) is 20.8. The fourth-order valence-corrected chi connectivity index (χ4v) is 5.02. The number of esters is 1. The van der Waals surface area contributed by atoms with Gasteiger partial charge in [0, 0.05) is 11.6 Å². The van der Waals surface area contributed by atoms with Crippen molar-refractivity contribution in [2.24, 2.45) is 4.99 Å². The maximum absolute atomic E-state index is 13.6. The molecule has 0 aliphatic carbocycles. The van der Waals surface area contributed by atoms with Crippen LogP contribution in [-0.4, -0.2) is 31.4 Å². The van der Waals surface area contributed by atoms with Gasteiger partial charge in [0.15, 0.2) is 9.47 Å². The second-order valence-corrected chi connectivity index (χ2v) is 8.84. The van der Waals surface area contributed by atoms with E-state index in [1.54, 1.807) is 57.4 Å². The van der Waals surface area contributed by atoms with Crippen LogP contribution in [0, 0.1) is 0 Å². The quantitative estimate of drug-likeness (QED) is 0.452. The highest BCUT2D eigenvalue weighted by Crippen LogP contribution is 2.37. The van der Waals surface area contributed by atoms with Crippen LogP contribution in [0.15, 0.2) is 60.5 Å². The number of benzene rings is 1. The van der Waals surface area contributed by atoms with E-state index in [-0.39, 0.29) is 17.7 Å². The van der Waals surface area contributed by atoms with E-state index in [0.717, 1.165) is 0 Å². The smallest absolute Gasteiger partial charge is 0.338 e. The number of hydrogen-bond acceptors (Lipinski definition) is 8. The summed E-state index contributed by atoms with van der Waals surface area (Å²) in [6.07, 6.45) is 1.65. The molecule has 0 radical (unpaired) electrons. The van der Waals surface area contributed by atoms with Gasteiger partial charge in [-0.15, -0.1) is 0 Å². The number of hydrogen-bond donors (Lipinski definition) is 0. The summed E-state index contributed by atoms with van der Waals surface area (Å²) in [5.74, 6) is 1.04. The number of ether oxygens (including phenoxy) is 3. The molecule has 3 aromatic rings. The molecule has 1 atom stereocenters. The van der Waals surface area contributed by atoms with Gasteiger partial charge in [0.1, 0.15) is 23.3 Å². The first kappa shape index (κ1) is 23.1. The number of methoxy groups -OCH3 is 2. The lowest BCUT2D eigenvalue weighted by Gasteiger charge is -2.26. The molecule has 10 heteroatoms. The normalized spacial score (nSPS) is 15.8. The first-order chi connectivity index (χ1) is 15.9. The van der Waals surface area contributed by atoms with E-state index in [0.29, 0.717) is 42.5 Å². The summed E-state index contributed by atoms with van der Waals surface area (Å²) in [4.78, 5) is 31.6. The minimum Gasteiger partial charge on any atom is -0.497 e. The Morgan fingerprint density at radius 1 is 1.27 bits per heavy atom. The standard InChI is InChI=1S/C23H21BrN2O6S/c1-5-31-22(28)19-12(2)25-23-26(20(19)15-10-13(29-3)6-8-16(15)30-4)21(27)17(33-23)11-14-7-9-18(24)32-14/h6-11,20H,5H2,1-4H3/b17-11+. The molecule has 0 saturated carbocycles. The van der Waals surface area contributed by atoms with Crippen LogP contribution >= 0.6 is 27.3 Å². The largest absolute Gasteiger partial charge is 0.497 e. The number of fused-ring (bicyclic) bond motifs is 1. The zero-order chi connectivity index (χ0) is 23.7. The summed E-state index contributed by atoms with van der Waals surface area (Å²) >= 11 is 4.48. The molecule has 1 aromatic carbocycles. The van der Waals surface area contributed by atoms with Crippen molar-refractivity contribution in [2.75, 3.05) is 20.8 Å². The Morgan fingerprint density at radius 3 is 2.70 bits per heavy atom. The minimum absolute atomic E-state index is 0.190. The average molecular weight is 533 g/mol. The predicted octanol–water partition coefficient (Wildman–Crippen LogP) is 3.17. The first-order valence-corrected chi connectivity index (χ1v) is 11.7. The summed E-state index contributed by atoms with van der Waals surface area (Å²) < 4.78 is 24.3. The summed E-state index contributed by atoms with van der Waals surface area (Å²) in [5, 5.41) is 0. The van der Waals surface area contributed by atoms with Crippen LogP contribution in [0.1, 0.15) is 31.2 Å². The lowest BCUT2D eigenvalue weighted by Crippen LogP contribution is -2.40. The van der Waals surface area contributed by atoms with Gasteiger partial charge in [0.2, 0.25) is 0 Å². The number of nitrogens with zero attached hydrogens (tertiary/aromatic N) is 2. The van der Waals surface area contributed by atoms with Crippen molar-refractivity contribution in [3.05, 3.63) is 77.3 Å². The number of furan rings is 1. The molecule has 1 unspecified atom stereocenters. The Bertz CT molecular complexity index is 1430. The average Bonchev–Trinajstić information content (AvgIpc) is 3.34. The number of halogens is 1. The van der Waals surface area contributed by atoms with Crippen molar-refractivity contribution >= 4 is 39.3 Å². The van der Waals surface area contributed by atoms with Gasteiger partial charge >= 0.3 is 5.97 Å². The Balaban J connectivity index is 2.02. The molecule has 0 N–H and O–H groups in total. The van der Waals surface area contributed by atoms with Crippen molar-refractivity contribution in [3.8, 4) is 11.5 Å². The molecule has 1 aliphatic rings. The maximum Gasteiger partial charge on any atom is 0.338 e. The van der Waals surface area contributed by atoms with Crippen molar-refractivity contribution in [1.29, 1.82) is 0 Å². The third-order valence-corrected chi connectivity index (χ3v) is 6.52. The van der Waals surface area contributed by atoms with Gasteiger partial charge in [-0.2, -0.15) is 0 Å². The molecule has 2 aromatic heterocycles. The number of allylic oxidation sites excluding steroid dienone is 1. The summed E-state index contributed by atoms with van der Waals surface area (Å²) in [6.45, 7) is 3.65. The lowest BCUT2D eigenvalue weighted by molar-refractivity contribution is -0.139. The van der Waals surface area contributed by atoms with E-state index in [2.05, 4.69) is 20.9 Å². The number of thiazole rings is 1. The fraction of sp³-hybridized carbons (Fsp3) is 0.261. The van der Waals surface area contributed by atoms with E-state index in [1.807, 2.05) is 0 Å². The van der Waals surface area contributed by atoms with Crippen LogP contribution in [0.3, 0.4) is 0 Å². The molecule has 8 nitrogen and oxygen atoms in total. The molecular formula is C23H21BrN2O6S. The van der Waals surface area contributed by atoms with Gasteiger partial charge < -0.3 is 18.6 Å². The minimum atomic E-state index is -0.809. The summed E-state index contributed by atoms with van der Waals surface area (Å²) in [7, 11) is 3.08. The highest BCUT2D eigenvalue weighted by Gasteiger charge is 2.35. The summed E-state index contributed by atoms with van der Waals surface area (Å²) in [6, 6.07) is 7.93. The van der Waals surface area contributed by atoms with Crippen LogP contribution in [0.4, 0.5) is 0 Å². The Labute approximate surface area is 201 Å². The molecular weight excluding hydrogens is 512 g/mol. The van der Waals surface area contributed by atoms with Crippen LogP contribution in [0.25, 0.3) is 6.08 Å². The second kappa shape index (κ2) is 9.40. The Morgan fingerprint density at radius 2 is 2.06 bits per heavy atom. The Hall–Kier alpha value is -3.11. The molecule has 0 fully saturated rings. The SMILES string of the molecule is CCOC(=O)C1=C(C)N=c2s/c(=C/c3ccc(Br)o3)c(=O)n2C1c1cc(OC)ccc1OC. The van der Waals surface area contributed by atoms with E-state index < -0.39 is 12.0 Å². The van der Waals surface area contributed by atoms with Gasteiger partial charge in [-0.25, -0.2) is 9.79 Å². The number of rotatable bonds is 6. The predicted molar refractivity (Wildman–Crippen MR) is 126 cm³/mol. The van der Waals surface area contributed by atoms with Crippen molar-refractivity contribution < 1.29 is 23.4 Å².